The molecule has 1 N–H and O–H groups in total. The Morgan fingerprint density at radius 3 is 2.74 bits per heavy atom. The highest BCUT2D eigenvalue weighted by Crippen LogP contribution is 2.60. The number of hydrogen-bond donors (Lipinski definition) is 1. The van der Waals surface area contributed by atoms with Gasteiger partial charge < -0.3 is 14.7 Å². The number of benzene rings is 1. The summed E-state index contributed by atoms with van der Waals surface area (Å²) in [5.41, 5.74) is 0.950. The number of fused-ring (bicyclic) bond motifs is 3. The van der Waals surface area contributed by atoms with Gasteiger partial charge in [-0.2, -0.15) is 0 Å². The molecule has 5 atom stereocenters. The second-order valence-corrected chi connectivity index (χ2v) is 5.38. The van der Waals surface area contributed by atoms with E-state index in [1.165, 1.54) is 0 Å². The molecule has 0 spiro atoms. The Hall–Kier alpha value is -1.88. The van der Waals surface area contributed by atoms with Crippen molar-refractivity contribution in [3.63, 3.8) is 0 Å². The highest BCUT2D eigenvalue weighted by Gasteiger charge is 2.72. The van der Waals surface area contributed by atoms with E-state index >= 15 is 0 Å². The van der Waals surface area contributed by atoms with Gasteiger partial charge in [0.1, 0.15) is 0 Å². The smallest absolute Gasteiger partial charge is 0.307 e. The van der Waals surface area contributed by atoms with Crippen molar-refractivity contribution >= 4 is 11.9 Å². The van der Waals surface area contributed by atoms with Gasteiger partial charge in [0.05, 0.1) is 24.5 Å². The normalized spacial score (nSPS) is 39.1. The van der Waals surface area contributed by atoms with E-state index in [4.69, 9.17) is 9.84 Å². The van der Waals surface area contributed by atoms with E-state index in [2.05, 4.69) is 0 Å². The lowest BCUT2D eigenvalue weighted by atomic mass is 10.1. The van der Waals surface area contributed by atoms with Crippen molar-refractivity contribution in [1.29, 1.82) is 0 Å². The second-order valence-electron chi connectivity index (χ2n) is 5.38. The van der Waals surface area contributed by atoms with Crippen molar-refractivity contribution in [3.8, 4) is 0 Å². The van der Waals surface area contributed by atoms with Crippen LogP contribution in [0.15, 0.2) is 30.3 Å². The Morgan fingerprint density at radius 2 is 2.05 bits per heavy atom. The zero-order valence-electron chi connectivity index (χ0n) is 10.1. The summed E-state index contributed by atoms with van der Waals surface area (Å²) >= 11 is 0. The SMILES string of the molecule is O=C(O)[C@@H]1[C@H]2C(=O)N3[C@@H](c4ccccc4)OC[C@@H]3[C@@H]12. The Bertz CT molecular complexity index is 558. The molecule has 98 valence electrons. The summed E-state index contributed by atoms with van der Waals surface area (Å²) in [4.78, 5) is 25.1. The molecule has 2 aliphatic heterocycles. The van der Waals surface area contributed by atoms with E-state index in [0.717, 1.165) is 5.56 Å². The first-order valence-corrected chi connectivity index (χ1v) is 6.41. The van der Waals surface area contributed by atoms with E-state index in [0.29, 0.717) is 6.61 Å². The topological polar surface area (TPSA) is 66.8 Å². The van der Waals surface area contributed by atoms with Gasteiger partial charge in [0.25, 0.3) is 0 Å². The fourth-order valence-corrected chi connectivity index (χ4v) is 3.60. The number of hydrogen-bond acceptors (Lipinski definition) is 3. The molecule has 4 rings (SSSR count). The molecule has 0 unspecified atom stereocenters. The quantitative estimate of drug-likeness (QED) is 0.856. The monoisotopic (exact) mass is 259 g/mol. The maximum Gasteiger partial charge on any atom is 0.307 e. The van der Waals surface area contributed by atoms with Crippen LogP contribution in [0.3, 0.4) is 0 Å². The molecule has 2 heterocycles. The Morgan fingerprint density at radius 1 is 1.32 bits per heavy atom. The van der Waals surface area contributed by atoms with Crippen LogP contribution in [-0.2, 0) is 14.3 Å². The number of carbonyl (C=O) groups excluding carboxylic acids is 1. The van der Waals surface area contributed by atoms with Crippen LogP contribution in [-0.4, -0.2) is 34.5 Å². The predicted molar refractivity (Wildman–Crippen MR) is 63.9 cm³/mol. The summed E-state index contributed by atoms with van der Waals surface area (Å²) in [7, 11) is 0. The highest BCUT2D eigenvalue weighted by atomic mass is 16.5. The molecule has 5 heteroatoms. The summed E-state index contributed by atoms with van der Waals surface area (Å²) in [6.07, 6.45) is -0.346. The third kappa shape index (κ3) is 1.33. The van der Waals surface area contributed by atoms with Crippen LogP contribution in [0.25, 0.3) is 0 Å². The van der Waals surface area contributed by atoms with Crippen molar-refractivity contribution in [2.75, 3.05) is 6.61 Å². The van der Waals surface area contributed by atoms with Gasteiger partial charge in [0.2, 0.25) is 5.91 Å². The summed E-state index contributed by atoms with van der Waals surface area (Å²) in [5.74, 6) is -1.79. The number of aliphatic carboxylic acids is 1. The third-order valence-corrected chi connectivity index (χ3v) is 4.46. The van der Waals surface area contributed by atoms with E-state index in [-0.39, 0.29) is 30.0 Å². The number of carboxylic acids is 1. The fraction of sp³-hybridized carbons (Fsp3) is 0.429. The molecule has 0 bridgehead atoms. The highest BCUT2D eigenvalue weighted by molar-refractivity contribution is 5.94. The fourth-order valence-electron chi connectivity index (χ4n) is 3.60. The van der Waals surface area contributed by atoms with Crippen molar-refractivity contribution < 1.29 is 19.4 Å². The lowest BCUT2D eigenvalue weighted by Gasteiger charge is -2.25. The molecule has 1 aromatic rings. The first-order chi connectivity index (χ1) is 9.20. The summed E-state index contributed by atoms with van der Waals surface area (Å²) in [6, 6.07) is 9.53. The molecular formula is C14H13NO4. The summed E-state index contributed by atoms with van der Waals surface area (Å²) in [5, 5.41) is 9.07. The number of ether oxygens (including phenoxy) is 1. The van der Waals surface area contributed by atoms with Crippen LogP contribution in [0.4, 0.5) is 0 Å². The number of carboxylic acid groups (broad SMARTS) is 1. The zero-order valence-corrected chi connectivity index (χ0v) is 10.1. The van der Waals surface area contributed by atoms with Gasteiger partial charge in [-0.05, 0) is 0 Å². The number of amides is 1. The average Bonchev–Trinajstić information content (AvgIpc) is 2.90. The lowest BCUT2D eigenvalue weighted by molar-refractivity contribution is -0.145. The van der Waals surface area contributed by atoms with Gasteiger partial charge in [-0.25, -0.2) is 0 Å². The summed E-state index contributed by atoms with van der Waals surface area (Å²) in [6.45, 7) is 0.441. The molecule has 1 aliphatic carbocycles. The van der Waals surface area contributed by atoms with Gasteiger partial charge in [0, 0.05) is 11.5 Å². The van der Waals surface area contributed by atoms with Crippen LogP contribution in [0, 0.1) is 17.8 Å². The van der Waals surface area contributed by atoms with Crippen LogP contribution in [0.1, 0.15) is 11.8 Å². The van der Waals surface area contributed by atoms with Gasteiger partial charge in [-0.15, -0.1) is 0 Å². The van der Waals surface area contributed by atoms with E-state index in [1.807, 2.05) is 30.3 Å². The number of piperidine rings is 1. The van der Waals surface area contributed by atoms with Crippen molar-refractivity contribution in [2.24, 2.45) is 17.8 Å². The molecule has 19 heavy (non-hydrogen) atoms. The van der Waals surface area contributed by atoms with E-state index in [1.54, 1.807) is 4.90 Å². The molecule has 3 fully saturated rings. The minimum absolute atomic E-state index is 0.0567. The summed E-state index contributed by atoms with van der Waals surface area (Å²) < 4.78 is 5.71. The molecule has 1 aromatic carbocycles. The van der Waals surface area contributed by atoms with Crippen LogP contribution >= 0.6 is 0 Å². The third-order valence-electron chi connectivity index (χ3n) is 4.46. The lowest BCUT2D eigenvalue weighted by Crippen LogP contribution is -2.37. The van der Waals surface area contributed by atoms with Gasteiger partial charge in [-0.3, -0.25) is 9.59 Å². The molecule has 0 radical (unpaired) electrons. The van der Waals surface area contributed by atoms with Crippen molar-refractivity contribution in [2.45, 2.75) is 12.3 Å². The Labute approximate surface area is 109 Å². The van der Waals surface area contributed by atoms with Crippen LogP contribution in [0.2, 0.25) is 0 Å². The molecule has 1 amide bonds. The zero-order chi connectivity index (χ0) is 13.1. The largest absolute Gasteiger partial charge is 0.481 e. The number of rotatable bonds is 2. The standard InChI is InChI=1S/C14H13NO4/c16-12-10-9(11(10)14(17)18)8-6-19-13(15(8)12)7-4-2-1-3-5-7/h1-5,8-11,13H,6H2,(H,17,18)/t8-,9-,10+,11+,13-/m1/s1. The van der Waals surface area contributed by atoms with Gasteiger partial charge in [0.15, 0.2) is 6.23 Å². The minimum Gasteiger partial charge on any atom is -0.481 e. The molecular weight excluding hydrogens is 246 g/mol. The maximum atomic E-state index is 12.3. The second kappa shape index (κ2) is 3.57. The van der Waals surface area contributed by atoms with Crippen molar-refractivity contribution in [3.05, 3.63) is 35.9 Å². The molecule has 2 saturated heterocycles. The Balaban J connectivity index is 1.63. The van der Waals surface area contributed by atoms with Gasteiger partial charge in [-0.1, -0.05) is 30.3 Å². The molecule has 0 aromatic heterocycles. The van der Waals surface area contributed by atoms with E-state index in [9.17, 15) is 9.59 Å². The van der Waals surface area contributed by atoms with Crippen molar-refractivity contribution in [1.82, 2.24) is 4.90 Å². The van der Waals surface area contributed by atoms with Crippen LogP contribution in [0.5, 0.6) is 0 Å². The average molecular weight is 259 g/mol. The first kappa shape index (κ1) is 11.0. The minimum atomic E-state index is -0.855. The Kier molecular flexibility index (Phi) is 2.07. The predicted octanol–water partition coefficient (Wildman–Crippen LogP) is 0.873. The molecule has 5 nitrogen and oxygen atoms in total. The van der Waals surface area contributed by atoms with Gasteiger partial charge >= 0.3 is 5.97 Å². The number of nitrogens with zero attached hydrogens (tertiary/aromatic N) is 1. The van der Waals surface area contributed by atoms with E-state index < -0.39 is 11.9 Å². The first-order valence-electron chi connectivity index (χ1n) is 6.41. The molecule has 3 aliphatic rings. The number of carbonyl (C=O) groups is 2. The maximum absolute atomic E-state index is 12.3. The van der Waals surface area contributed by atoms with Crippen LogP contribution < -0.4 is 0 Å². The molecule has 1 saturated carbocycles.